The first-order valence-electron chi connectivity index (χ1n) is 5.46. The highest BCUT2D eigenvalue weighted by atomic mass is 19.4. The summed E-state index contributed by atoms with van der Waals surface area (Å²) in [7, 11) is 0. The summed E-state index contributed by atoms with van der Waals surface area (Å²) in [5, 5.41) is 0. The maximum atomic E-state index is 11.1. The summed E-state index contributed by atoms with van der Waals surface area (Å²) in [6.45, 7) is 4.64. The Morgan fingerprint density at radius 3 is 2.24 bits per heavy atom. The lowest BCUT2D eigenvalue weighted by Crippen LogP contribution is -2.11. The number of alkyl halides is 3. The number of ketones is 1. The lowest BCUT2D eigenvalue weighted by atomic mass is 10.0. The number of Topliss-reactive ketones (excluding diaryl/α,β-unsaturated/α-hetero) is 1. The van der Waals surface area contributed by atoms with E-state index < -0.39 is 12.7 Å². The highest BCUT2D eigenvalue weighted by Gasteiger charge is 2.25. The smallest absolute Gasteiger partial charge is 0.330 e. The van der Waals surface area contributed by atoms with E-state index in [0.29, 0.717) is 6.54 Å². The number of carbonyl (C=O) groups is 1. The summed E-state index contributed by atoms with van der Waals surface area (Å²) in [5.74, 6) is 0.469. The van der Waals surface area contributed by atoms with Gasteiger partial charge in [0.25, 0.3) is 0 Å². The molecule has 0 aromatic rings. The zero-order valence-electron chi connectivity index (χ0n) is 10.5. The van der Waals surface area contributed by atoms with Crippen LogP contribution in [-0.4, -0.2) is 31.3 Å². The Kier molecular flexibility index (Phi) is 11.1. The fourth-order valence-corrected chi connectivity index (χ4v) is 0.822. The number of halogens is 3. The monoisotopic (exact) mass is 254 g/mol. The quantitative estimate of drug-likeness (QED) is 0.767. The molecule has 0 saturated heterocycles. The summed E-state index contributed by atoms with van der Waals surface area (Å²) >= 11 is 0. The lowest BCUT2D eigenvalue weighted by molar-refractivity contribution is -0.120. The molecule has 0 aliphatic rings. The molecule has 0 unspecified atom stereocenters. The third kappa shape index (κ3) is 17.7. The van der Waals surface area contributed by atoms with E-state index in [2.05, 4.69) is 4.99 Å². The van der Waals surface area contributed by atoms with E-state index >= 15 is 0 Å². The van der Waals surface area contributed by atoms with Crippen molar-refractivity contribution < 1.29 is 18.0 Å². The van der Waals surface area contributed by atoms with Crippen LogP contribution in [0.15, 0.2) is 4.99 Å². The molecule has 0 amide bonds. The Labute approximate surface area is 100 Å². The van der Waals surface area contributed by atoms with Gasteiger partial charge in [0.1, 0.15) is 12.3 Å². The van der Waals surface area contributed by atoms with E-state index in [1.165, 1.54) is 6.92 Å². The van der Waals surface area contributed by atoms with Gasteiger partial charge in [-0.3, -0.25) is 9.79 Å². The van der Waals surface area contributed by atoms with Crippen LogP contribution in [0.2, 0.25) is 0 Å². The average Bonchev–Trinajstić information content (AvgIpc) is 2.22. The number of carbonyl (C=O) groups excluding carboxylic acids is 1. The zero-order chi connectivity index (χ0) is 13.9. The van der Waals surface area contributed by atoms with Crippen molar-refractivity contribution in [1.82, 2.24) is 0 Å². The van der Waals surface area contributed by atoms with Crippen LogP contribution < -0.4 is 5.73 Å². The van der Waals surface area contributed by atoms with Crippen LogP contribution in [0, 0.1) is 5.92 Å². The van der Waals surface area contributed by atoms with Gasteiger partial charge in [-0.05, 0) is 39.4 Å². The van der Waals surface area contributed by atoms with Crippen LogP contribution in [0.5, 0.6) is 0 Å². The van der Waals surface area contributed by atoms with Crippen molar-refractivity contribution in [2.75, 3.05) is 13.1 Å². The Morgan fingerprint density at radius 2 is 2.00 bits per heavy atom. The molecule has 0 radical (unpaired) electrons. The van der Waals surface area contributed by atoms with Crippen LogP contribution in [0.3, 0.4) is 0 Å². The van der Waals surface area contributed by atoms with Crippen molar-refractivity contribution in [3.05, 3.63) is 0 Å². The molecule has 0 aliphatic heterocycles. The summed E-state index contributed by atoms with van der Waals surface area (Å²) < 4.78 is 33.4. The Hall–Kier alpha value is -0.910. The molecule has 0 aromatic carbocycles. The second-order valence-electron chi connectivity index (χ2n) is 3.66. The maximum absolute atomic E-state index is 11.1. The number of hydrogen-bond acceptors (Lipinski definition) is 3. The number of nitrogens with zero attached hydrogens (tertiary/aromatic N) is 1. The Balaban J connectivity index is 0. The first-order chi connectivity index (χ1) is 7.74. The third-order valence-corrected chi connectivity index (χ3v) is 1.99. The van der Waals surface area contributed by atoms with Gasteiger partial charge in [0, 0.05) is 5.92 Å². The van der Waals surface area contributed by atoms with Crippen LogP contribution in [-0.2, 0) is 4.79 Å². The minimum Gasteiger partial charge on any atom is -0.330 e. The van der Waals surface area contributed by atoms with E-state index in [-0.39, 0.29) is 11.7 Å². The molecule has 0 rings (SSSR count). The minimum absolute atomic E-state index is 0.202. The van der Waals surface area contributed by atoms with Gasteiger partial charge < -0.3 is 5.73 Å². The molecule has 0 fully saturated rings. The van der Waals surface area contributed by atoms with Crippen LogP contribution in [0.1, 0.15) is 33.6 Å². The molecule has 0 aromatic heterocycles. The zero-order valence-corrected chi connectivity index (χ0v) is 10.5. The van der Waals surface area contributed by atoms with E-state index in [1.54, 1.807) is 6.92 Å². The van der Waals surface area contributed by atoms with Gasteiger partial charge in [-0.25, -0.2) is 0 Å². The van der Waals surface area contributed by atoms with Crippen molar-refractivity contribution in [2.45, 2.75) is 39.8 Å². The van der Waals surface area contributed by atoms with Crippen LogP contribution in [0.25, 0.3) is 0 Å². The predicted octanol–water partition coefficient (Wildman–Crippen LogP) is 2.59. The first-order valence-corrected chi connectivity index (χ1v) is 5.46. The van der Waals surface area contributed by atoms with E-state index in [9.17, 15) is 18.0 Å². The van der Waals surface area contributed by atoms with Crippen molar-refractivity contribution in [3.8, 4) is 0 Å². The molecule has 2 N–H and O–H groups in total. The standard InChI is InChI=1S/C7H15NO.C4H6F3N/c1-6(7(2)9)4-3-5-8;1-2-8-3-4(5,6)7/h6H,3-5,8H2,1-2H3;2H,3H2,1H3/t6-;/m0./s1. The van der Waals surface area contributed by atoms with Gasteiger partial charge in [0.2, 0.25) is 0 Å². The molecule has 0 spiro atoms. The van der Waals surface area contributed by atoms with Crippen LogP contribution in [0.4, 0.5) is 13.2 Å². The van der Waals surface area contributed by atoms with Gasteiger partial charge in [-0.15, -0.1) is 0 Å². The molecule has 102 valence electrons. The molecular weight excluding hydrogens is 233 g/mol. The van der Waals surface area contributed by atoms with Crippen molar-refractivity contribution in [1.29, 1.82) is 0 Å². The molecular formula is C11H21F3N2O. The molecule has 1 atom stereocenters. The van der Waals surface area contributed by atoms with Gasteiger partial charge in [0.15, 0.2) is 0 Å². The normalized spacial score (nSPS) is 13.1. The SMILES string of the molecule is CC(=O)[C@@H](C)CCCN.CC=NCC(F)(F)F. The number of nitrogens with two attached hydrogens (primary N) is 1. The van der Waals surface area contributed by atoms with Crippen molar-refractivity contribution >= 4 is 12.0 Å². The number of rotatable bonds is 5. The van der Waals surface area contributed by atoms with E-state index in [0.717, 1.165) is 19.1 Å². The average molecular weight is 254 g/mol. The minimum atomic E-state index is -4.15. The molecule has 17 heavy (non-hydrogen) atoms. The van der Waals surface area contributed by atoms with Crippen LogP contribution >= 0.6 is 0 Å². The van der Waals surface area contributed by atoms with E-state index in [4.69, 9.17) is 5.73 Å². The van der Waals surface area contributed by atoms with Crippen molar-refractivity contribution in [3.63, 3.8) is 0 Å². The summed E-state index contributed by atoms with van der Waals surface area (Å²) in [4.78, 5) is 13.6. The molecule has 0 saturated carbocycles. The molecule has 0 heterocycles. The van der Waals surface area contributed by atoms with Gasteiger partial charge in [-0.1, -0.05) is 6.92 Å². The summed E-state index contributed by atoms with van der Waals surface area (Å²) in [6.07, 6.45) is -1.12. The summed E-state index contributed by atoms with van der Waals surface area (Å²) in [6, 6.07) is 0. The first kappa shape index (κ1) is 18.5. The second kappa shape index (κ2) is 10.3. The highest BCUT2D eigenvalue weighted by molar-refractivity contribution is 5.77. The predicted molar refractivity (Wildman–Crippen MR) is 63.2 cm³/mol. The van der Waals surface area contributed by atoms with Gasteiger partial charge >= 0.3 is 6.18 Å². The molecule has 0 aliphatic carbocycles. The fourth-order valence-electron chi connectivity index (χ4n) is 0.822. The second-order valence-corrected chi connectivity index (χ2v) is 3.66. The highest BCUT2D eigenvalue weighted by Crippen LogP contribution is 2.13. The topological polar surface area (TPSA) is 55.5 Å². The Bertz CT molecular complexity index is 227. The Morgan fingerprint density at radius 1 is 1.47 bits per heavy atom. The number of hydrogen-bond donors (Lipinski definition) is 1. The fraction of sp³-hybridized carbons (Fsp3) is 0.818. The number of aliphatic imine (C=N–C) groups is 1. The molecule has 0 bridgehead atoms. The largest absolute Gasteiger partial charge is 0.407 e. The van der Waals surface area contributed by atoms with Crippen molar-refractivity contribution in [2.24, 2.45) is 16.6 Å². The summed E-state index contributed by atoms with van der Waals surface area (Å²) in [5.41, 5.74) is 5.27. The lowest BCUT2D eigenvalue weighted by Gasteiger charge is -2.03. The van der Waals surface area contributed by atoms with Gasteiger partial charge in [-0.2, -0.15) is 13.2 Å². The molecule has 6 heteroatoms. The molecule has 3 nitrogen and oxygen atoms in total. The maximum Gasteiger partial charge on any atom is 0.407 e. The third-order valence-electron chi connectivity index (χ3n) is 1.99. The van der Waals surface area contributed by atoms with E-state index in [1.807, 2.05) is 6.92 Å². The van der Waals surface area contributed by atoms with Gasteiger partial charge in [0.05, 0.1) is 0 Å².